The van der Waals surface area contributed by atoms with Crippen LogP contribution in [0.3, 0.4) is 0 Å². The Balaban J connectivity index is 1.81. The number of sulfonamides is 1. The number of benzene rings is 4. The average Bonchev–Trinajstić information content (AvgIpc) is 3.03. The number of nitrogens with one attached hydrogen (secondary N) is 1. The first kappa shape index (κ1) is 33.1. The molecule has 0 fully saturated rings. The van der Waals surface area contributed by atoms with Crippen molar-refractivity contribution in [1.29, 1.82) is 0 Å². The maximum atomic E-state index is 14.4. The van der Waals surface area contributed by atoms with Crippen molar-refractivity contribution in [2.24, 2.45) is 0 Å². The minimum Gasteiger partial charge on any atom is -0.354 e. The van der Waals surface area contributed by atoms with Crippen LogP contribution in [0.1, 0.15) is 30.0 Å². The number of anilines is 1. The molecule has 0 aliphatic heterocycles. The highest BCUT2D eigenvalue weighted by atomic mass is 35.5. The maximum Gasteiger partial charge on any atom is 0.264 e. The lowest BCUT2D eigenvalue weighted by Gasteiger charge is -2.34. The maximum absolute atomic E-state index is 14.4. The third-order valence-corrected chi connectivity index (χ3v) is 9.69. The van der Waals surface area contributed by atoms with Gasteiger partial charge in [0, 0.05) is 19.5 Å². The highest BCUT2D eigenvalue weighted by molar-refractivity contribution is 7.92. The van der Waals surface area contributed by atoms with Crippen molar-refractivity contribution in [1.82, 2.24) is 10.2 Å². The van der Waals surface area contributed by atoms with Crippen LogP contribution in [0.25, 0.3) is 0 Å². The van der Waals surface area contributed by atoms with E-state index in [4.69, 9.17) is 23.2 Å². The van der Waals surface area contributed by atoms with Gasteiger partial charge in [-0.1, -0.05) is 115 Å². The fourth-order valence-corrected chi connectivity index (χ4v) is 6.62. The van der Waals surface area contributed by atoms with Crippen LogP contribution in [0.5, 0.6) is 0 Å². The van der Waals surface area contributed by atoms with Crippen LogP contribution >= 0.6 is 23.2 Å². The van der Waals surface area contributed by atoms with E-state index in [1.54, 1.807) is 30.3 Å². The smallest absolute Gasteiger partial charge is 0.264 e. The van der Waals surface area contributed by atoms with Gasteiger partial charge in [0.1, 0.15) is 12.6 Å². The summed E-state index contributed by atoms with van der Waals surface area (Å²) in [7, 11) is -4.28. The van der Waals surface area contributed by atoms with Crippen LogP contribution in [-0.2, 0) is 32.6 Å². The van der Waals surface area contributed by atoms with Gasteiger partial charge >= 0.3 is 0 Å². The quantitative estimate of drug-likeness (QED) is 0.175. The highest BCUT2D eigenvalue weighted by Crippen LogP contribution is 2.35. The summed E-state index contributed by atoms with van der Waals surface area (Å²) in [5.74, 6) is -0.900. The van der Waals surface area contributed by atoms with Crippen LogP contribution < -0.4 is 9.62 Å². The Hall–Kier alpha value is -3.85. The molecule has 0 heterocycles. The van der Waals surface area contributed by atoms with E-state index in [1.165, 1.54) is 23.1 Å². The minimum absolute atomic E-state index is 0.00641. The summed E-state index contributed by atoms with van der Waals surface area (Å²) in [6, 6.07) is 28.6. The number of carbonyl (C=O) groups is 2. The molecule has 44 heavy (non-hydrogen) atoms. The number of amides is 2. The number of hydrogen-bond acceptors (Lipinski definition) is 4. The summed E-state index contributed by atoms with van der Waals surface area (Å²) in [4.78, 5) is 29.6. The topological polar surface area (TPSA) is 86.8 Å². The molecule has 0 bridgehead atoms. The Morgan fingerprint density at radius 1 is 0.818 bits per heavy atom. The zero-order chi connectivity index (χ0) is 31.7. The fourth-order valence-electron chi connectivity index (χ4n) is 4.73. The second-order valence-corrected chi connectivity index (χ2v) is 13.0. The van der Waals surface area contributed by atoms with Crippen LogP contribution in [0.2, 0.25) is 10.0 Å². The number of halogens is 2. The average molecular weight is 653 g/mol. The molecule has 0 saturated heterocycles. The summed E-state index contributed by atoms with van der Waals surface area (Å²) in [6.07, 6.45) is 0.948. The number of nitrogens with zero attached hydrogens (tertiary/aromatic N) is 2. The lowest BCUT2D eigenvalue weighted by atomic mass is 10.0. The van der Waals surface area contributed by atoms with Crippen molar-refractivity contribution >= 4 is 50.7 Å². The Morgan fingerprint density at radius 3 is 2.09 bits per heavy atom. The van der Waals surface area contributed by atoms with Gasteiger partial charge in [0.15, 0.2) is 0 Å². The van der Waals surface area contributed by atoms with Crippen LogP contribution in [0.15, 0.2) is 108 Å². The molecule has 1 unspecified atom stereocenters. The van der Waals surface area contributed by atoms with Gasteiger partial charge in [-0.05, 0) is 48.7 Å². The Morgan fingerprint density at radius 2 is 1.45 bits per heavy atom. The van der Waals surface area contributed by atoms with E-state index in [9.17, 15) is 18.0 Å². The molecule has 7 nitrogen and oxygen atoms in total. The normalized spacial score (nSPS) is 11.9. The zero-order valence-corrected chi connectivity index (χ0v) is 26.9. The number of hydrogen-bond donors (Lipinski definition) is 1. The molecule has 1 atom stereocenters. The molecule has 230 valence electrons. The number of aryl methyl sites for hydroxylation is 1. The second kappa shape index (κ2) is 15.2. The molecule has 0 saturated carbocycles. The largest absolute Gasteiger partial charge is 0.354 e. The van der Waals surface area contributed by atoms with E-state index in [0.717, 1.165) is 21.0 Å². The van der Waals surface area contributed by atoms with Crippen LogP contribution in [0, 0.1) is 6.92 Å². The molecular formula is C34H35Cl2N3O4S. The molecule has 0 radical (unpaired) electrons. The van der Waals surface area contributed by atoms with Crippen molar-refractivity contribution in [2.45, 2.75) is 44.2 Å². The van der Waals surface area contributed by atoms with Crippen LogP contribution in [0.4, 0.5) is 5.69 Å². The van der Waals surface area contributed by atoms with Crippen molar-refractivity contribution in [3.63, 3.8) is 0 Å². The van der Waals surface area contributed by atoms with Gasteiger partial charge in [-0.15, -0.1) is 0 Å². The molecule has 10 heteroatoms. The van der Waals surface area contributed by atoms with Crippen LogP contribution in [-0.4, -0.2) is 44.3 Å². The van der Waals surface area contributed by atoms with E-state index < -0.39 is 28.5 Å². The fraction of sp³-hybridized carbons (Fsp3) is 0.235. The lowest BCUT2D eigenvalue weighted by Crippen LogP contribution is -2.53. The van der Waals surface area contributed by atoms with Gasteiger partial charge in [0.05, 0.1) is 20.6 Å². The van der Waals surface area contributed by atoms with E-state index in [2.05, 4.69) is 5.32 Å². The first-order valence-electron chi connectivity index (χ1n) is 14.3. The summed E-state index contributed by atoms with van der Waals surface area (Å²) < 4.78 is 29.1. The second-order valence-electron chi connectivity index (χ2n) is 10.4. The van der Waals surface area contributed by atoms with Crippen molar-refractivity contribution in [3.8, 4) is 0 Å². The minimum atomic E-state index is -4.28. The Labute approximate surface area is 269 Å². The van der Waals surface area contributed by atoms with E-state index >= 15 is 0 Å². The van der Waals surface area contributed by atoms with E-state index in [-0.39, 0.29) is 39.5 Å². The molecule has 1 N–H and O–H groups in total. The summed E-state index contributed by atoms with van der Waals surface area (Å²) in [5.41, 5.74) is 2.76. The molecule has 0 aliphatic rings. The Kier molecular flexibility index (Phi) is 11.4. The van der Waals surface area contributed by atoms with Gasteiger partial charge in [0.2, 0.25) is 11.8 Å². The molecule has 4 rings (SSSR count). The summed E-state index contributed by atoms with van der Waals surface area (Å²) in [6.45, 7) is 3.81. The zero-order valence-electron chi connectivity index (χ0n) is 24.6. The highest BCUT2D eigenvalue weighted by Gasteiger charge is 2.35. The predicted octanol–water partition coefficient (Wildman–Crippen LogP) is 6.66. The number of carbonyl (C=O) groups excluding carboxylic acids is 2. The molecule has 0 aromatic heterocycles. The SMILES string of the molecule is CCCNC(=O)C(Cc1ccccc1)N(Cc1ccc(C)cc1)C(=O)CN(c1cccc(Cl)c1Cl)S(=O)(=O)c1ccccc1. The Bertz CT molecular complexity index is 1670. The van der Waals surface area contributed by atoms with Gasteiger partial charge in [0.25, 0.3) is 10.0 Å². The first-order valence-corrected chi connectivity index (χ1v) is 16.5. The lowest BCUT2D eigenvalue weighted by molar-refractivity contribution is -0.140. The summed E-state index contributed by atoms with van der Waals surface area (Å²) in [5, 5.41) is 3.07. The molecule has 0 aliphatic carbocycles. The molecule has 4 aromatic carbocycles. The number of rotatable bonds is 13. The van der Waals surface area contributed by atoms with E-state index in [1.807, 2.05) is 68.4 Å². The van der Waals surface area contributed by atoms with Crippen molar-refractivity contribution < 1.29 is 18.0 Å². The molecular weight excluding hydrogens is 617 g/mol. The van der Waals surface area contributed by atoms with Gasteiger partial charge in [-0.25, -0.2) is 8.42 Å². The predicted molar refractivity (Wildman–Crippen MR) is 176 cm³/mol. The van der Waals surface area contributed by atoms with Crippen molar-refractivity contribution in [3.05, 3.63) is 130 Å². The monoisotopic (exact) mass is 651 g/mol. The molecule has 0 spiro atoms. The van der Waals surface area contributed by atoms with Crippen molar-refractivity contribution in [2.75, 3.05) is 17.4 Å². The third kappa shape index (κ3) is 8.20. The molecule has 2 amide bonds. The van der Waals surface area contributed by atoms with Gasteiger partial charge in [-0.3, -0.25) is 13.9 Å². The van der Waals surface area contributed by atoms with Gasteiger partial charge < -0.3 is 10.2 Å². The standard InChI is InChI=1S/C34H35Cl2N3O4S/c1-3-21-37-34(41)31(22-26-11-6-4-7-12-26)38(23-27-19-17-25(2)18-20-27)32(40)24-39(30-16-10-15-29(35)33(30)36)44(42,43)28-13-8-5-9-14-28/h4-20,31H,3,21-24H2,1-2H3,(H,37,41). The molecule has 4 aromatic rings. The van der Waals surface area contributed by atoms with E-state index in [0.29, 0.717) is 13.0 Å². The summed E-state index contributed by atoms with van der Waals surface area (Å²) >= 11 is 12.8. The third-order valence-electron chi connectivity index (χ3n) is 7.10. The first-order chi connectivity index (χ1) is 21.1. The van der Waals surface area contributed by atoms with Gasteiger partial charge in [-0.2, -0.15) is 0 Å².